The molecule has 0 fully saturated rings. The minimum atomic E-state index is -1.52. The number of carboxylic acid groups (broad SMARTS) is 1. The first-order valence-electron chi connectivity index (χ1n) is 3.91. The van der Waals surface area contributed by atoms with Crippen molar-refractivity contribution in [3.05, 3.63) is 23.8 Å². The first-order chi connectivity index (χ1) is 6.50. The lowest BCUT2D eigenvalue weighted by atomic mass is 10.2. The largest absolute Gasteiger partial charge is 0.474 e. The topological polar surface area (TPSA) is 92.4 Å². The molecule has 0 aliphatic heterocycles. The molecular weight excluding hydrogens is 184 g/mol. The van der Waals surface area contributed by atoms with Crippen LogP contribution in [0.4, 0.5) is 11.4 Å². The summed E-state index contributed by atoms with van der Waals surface area (Å²) >= 11 is 0. The molecule has 0 aliphatic rings. The van der Waals surface area contributed by atoms with Crippen LogP contribution in [0.1, 0.15) is 5.56 Å². The smallest absolute Gasteiger partial charge is 0.394 e. The Kier molecular flexibility index (Phi) is 2.71. The third-order valence-corrected chi connectivity index (χ3v) is 1.73. The maximum absolute atomic E-state index is 10.8. The molecular formula is C9H10N2O3. The Morgan fingerprint density at radius 3 is 2.57 bits per heavy atom. The van der Waals surface area contributed by atoms with E-state index in [2.05, 4.69) is 5.32 Å². The molecule has 0 heterocycles. The van der Waals surface area contributed by atoms with E-state index in [1.165, 1.54) is 6.07 Å². The molecule has 4 N–H and O–H groups in total. The molecule has 0 spiro atoms. The molecule has 1 rings (SSSR count). The summed E-state index contributed by atoms with van der Waals surface area (Å²) in [6.07, 6.45) is 0. The van der Waals surface area contributed by atoms with Crippen molar-refractivity contribution in [3.8, 4) is 0 Å². The zero-order chi connectivity index (χ0) is 10.7. The Morgan fingerprint density at radius 1 is 1.43 bits per heavy atom. The molecule has 1 amide bonds. The van der Waals surface area contributed by atoms with Crippen LogP contribution in [0.2, 0.25) is 0 Å². The molecule has 5 heteroatoms. The van der Waals surface area contributed by atoms with Crippen molar-refractivity contribution in [2.24, 2.45) is 0 Å². The molecule has 0 saturated heterocycles. The van der Waals surface area contributed by atoms with E-state index in [1.54, 1.807) is 12.1 Å². The minimum Gasteiger partial charge on any atom is -0.474 e. The molecule has 0 atom stereocenters. The molecule has 0 radical (unpaired) electrons. The number of hydrogen-bond acceptors (Lipinski definition) is 3. The van der Waals surface area contributed by atoms with Crippen molar-refractivity contribution in [2.75, 3.05) is 11.1 Å². The highest BCUT2D eigenvalue weighted by atomic mass is 16.4. The number of nitrogens with one attached hydrogen (secondary N) is 1. The highest BCUT2D eigenvalue weighted by Gasteiger charge is 2.10. The monoisotopic (exact) mass is 194 g/mol. The fourth-order valence-electron chi connectivity index (χ4n) is 0.903. The summed E-state index contributed by atoms with van der Waals surface area (Å²) in [6.45, 7) is 1.82. The zero-order valence-electron chi connectivity index (χ0n) is 7.57. The van der Waals surface area contributed by atoms with Gasteiger partial charge in [0.25, 0.3) is 0 Å². The number of carbonyl (C=O) groups excluding carboxylic acids is 1. The normalized spacial score (nSPS) is 9.50. The number of hydrogen-bond donors (Lipinski definition) is 3. The van der Waals surface area contributed by atoms with Gasteiger partial charge in [-0.05, 0) is 24.6 Å². The van der Waals surface area contributed by atoms with Crippen LogP contribution in [0.3, 0.4) is 0 Å². The van der Waals surface area contributed by atoms with E-state index in [9.17, 15) is 9.59 Å². The van der Waals surface area contributed by atoms with Crippen molar-refractivity contribution < 1.29 is 14.7 Å². The van der Waals surface area contributed by atoms with Gasteiger partial charge in [-0.1, -0.05) is 6.07 Å². The maximum atomic E-state index is 10.8. The SMILES string of the molecule is Cc1ccc(NC(=O)C(=O)O)cc1N. The van der Waals surface area contributed by atoms with Crippen molar-refractivity contribution in [1.82, 2.24) is 0 Å². The first-order valence-corrected chi connectivity index (χ1v) is 3.91. The van der Waals surface area contributed by atoms with Gasteiger partial charge in [-0.25, -0.2) is 4.79 Å². The van der Waals surface area contributed by atoms with Crippen LogP contribution in [-0.2, 0) is 9.59 Å². The van der Waals surface area contributed by atoms with E-state index in [4.69, 9.17) is 10.8 Å². The average molecular weight is 194 g/mol. The van der Waals surface area contributed by atoms with Gasteiger partial charge in [0.05, 0.1) is 0 Å². The van der Waals surface area contributed by atoms with Crippen LogP contribution in [0, 0.1) is 6.92 Å². The van der Waals surface area contributed by atoms with E-state index < -0.39 is 11.9 Å². The number of rotatable bonds is 1. The van der Waals surface area contributed by atoms with Gasteiger partial charge in [-0.3, -0.25) is 4.79 Å². The molecule has 5 nitrogen and oxygen atoms in total. The Morgan fingerprint density at radius 2 is 2.07 bits per heavy atom. The number of nitrogens with two attached hydrogens (primary N) is 1. The number of carboxylic acids is 1. The molecule has 0 aromatic heterocycles. The number of benzene rings is 1. The Labute approximate surface area is 80.5 Å². The van der Waals surface area contributed by atoms with Crippen molar-refractivity contribution in [2.45, 2.75) is 6.92 Å². The summed E-state index contributed by atoms with van der Waals surface area (Å²) in [5.41, 5.74) is 7.33. The predicted octanol–water partition coefficient (Wildman–Crippen LogP) is 0.600. The Hall–Kier alpha value is -2.04. The van der Waals surface area contributed by atoms with E-state index in [0.29, 0.717) is 11.4 Å². The first kappa shape index (κ1) is 10.0. The standard InChI is InChI=1S/C9H10N2O3/c1-5-2-3-6(4-7(5)10)11-8(12)9(13)14/h2-4H,10H2,1H3,(H,11,12)(H,13,14). The lowest BCUT2D eigenvalue weighted by Crippen LogP contribution is -2.21. The van der Waals surface area contributed by atoms with Gasteiger partial charge >= 0.3 is 11.9 Å². The highest BCUT2D eigenvalue weighted by Crippen LogP contribution is 2.16. The van der Waals surface area contributed by atoms with Crippen molar-refractivity contribution in [3.63, 3.8) is 0 Å². The van der Waals surface area contributed by atoms with Crippen LogP contribution in [0.5, 0.6) is 0 Å². The molecule has 14 heavy (non-hydrogen) atoms. The molecule has 1 aromatic carbocycles. The van der Waals surface area contributed by atoms with Gasteiger partial charge in [-0.2, -0.15) is 0 Å². The molecule has 0 unspecified atom stereocenters. The van der Waals surface area contributed by atoms with Crippen LogP contribution < -0.4 is 11.1 Å². The molecule has 0 saturated carbocycles. The fourth-order valence-corrected chi connectivity index (χ4v) is 0.903. The third kappa shape index (κ3) is 2.22. The number of nitrogen functional groups attached to an aromatic ring is 1. The average Bonchev–Trinajstić information content (AvgIpc) is 2.11. The lowest BCUT2D eigenvalue weighted by molar-refractivity contribution is -0.147. The van der Waals surface area contributed by atoms with E-state index in [0.717, 1.165) is 5.56 Å². The molecule has 0 bridgehead atoms. The number of amides is 1. The van der Waals surface area contributed by atoms with Crippen LogP contribution >= 0.6 is 0 Å². The summed E-state index contributed by atoms with van der Waals surface area (Å²) in [4.78, 5) is 21.0. The third-order valence-electron chi connectivity index (χ3n) is 1.73. The summed E-state index contributed by atoms with van der Waals surface area (Å²) in [5, 5.41) is 10.5. The molecule has 1 aromatic rings. The fraction of sp³-hybridized carbons (Fsp3) is 0.111. The number of aryl methyl sites for hydroxylation is 1. The van der Waals surface area contributed by atoms with Gasteiger partial charge < -0.3 is 16.2 Å². The Bertz CT molecular complexity index is 388. The number of anilines is 2. The Balaban J connectivity index is 2.83. The van der Waals surface area contributed by atoms with Gasteiger partial charge in [0, 0.05) is 11.4 Å². The quantitative estimate of drug-likeness (QED) is 0.451. The lowest BCUT2D eigenvalue weighted by Gasteiger charge is -2.04. The summed E-state index contributed by atoms with van der Waals surface area (Å²) in [5.74, 6) is -2.60. The molecule has 0 aliphatic carbocycles. The second-order valence-electron chi connectivity index (χ2n) is 2.83. The maximum Gasteiger partial charge on any atom is 0.394 e. The number of aliphatic carboxylic acids is 1. The van der Waals surface area contributed by atoms with E-state index in [1.807, 2.05) is 6.92 Å². The van der Waals surface area contributed by atoms with E-state index in [-0.39, 0.29) is 0 Å². The van der Waals surface area contributed by atoms with Gasteiger partial charge in [0.2, 0.25) is 0 Å². The van der Waals surface area contributed by atoms with Gasteiger partial charge in [0.15, 0.2) is 0 Å². The van der Waals surface area contributed by atoms with Crippen LogP contribution in [0.25, 0.3) is 0 Å². The van der Waals surface area contributed by atoms with Gasteiger partial charge in [-0.15, -0.1) is 0 Å². The van der Waals surface area contributed by atoms with Gasteiger partial charge in [0.1, 0.15) is 0 Å². The summed E-state index contributed by atoms with van der Waals surface area (Å²) in [7, 11) is 0. The minimum absolute atomic E-state index is 0.375. The van der Waals surface area contributed by atoms with Crippen LogP contribution in [-0.4, -0.2) is 17.0 Å². The highest BCUT2D eigenvalue weighted by molar-refractivity contribution is 6.36. The summed E-state index contributed by atoms with van der Waals surface area (Å²) < 4.78 is 0. The van der Waals surface area contributed by atoms with E-state index >= 15 is 0 Å². The second-order valence-corrected chi connectivity index (χ2v) is 2.83. The van der Waals surface area contributed by atoms with Crippen molar-refractivity contribution in [1.29, 1.82) is 0 Å². The summed E-state index contributed by atoms with van der Waals surface area (Å²) in [6, 6.07) is 4.80. The molecule has 74 valence electrons. The number of carbonyl (C=O) groups is 2. The zero-order valence-corrected chi connectivity index (χ0v) is 7.57. The van der Waals surface area contributed by atoms with Crippen LogP contribution in [0.15, 0.2) is 18.2 Å². The second kappa shape index (κ2) is 3.78. The van der Waals surface area contributed by atoms with Crippen molar-refractivity contribution >= 4 is 23.3 Å². The predicted molar refractivity (Wildman–Crippen MR) is 51.9 cm³/mol.